The van der Waals surface area contributed by atoms with Crippen LogP contribution in [0.2, 0.25) is 0 Å². The molecule has 0 radical (unpaired) electrons. The zero-order valence-electron chi connectivity index (χ0n) is 14.8. The van der Waals surface area contributed by atoms with Gasteiger partial charge in [0.1, 0.15) is 5.60 Å². The van der Waals surface area contributed by atoms with Crippen LogP contribution >= 0.6 is 0 Å². The van der Waals surface area contributed by atoms with E-state index in [1.165, 1.54) is 5.56 Å². The normalized spacial score (nSPS) is 11.2. The van der Waals surface area contributed by atoms with Crippen LogP contribution in [0.1, 0.15) is 38.8 Å². The summed E-state index contributed by atoms with van der Waals surface area (Å²) in [6.07, 6.45) is 0.589. The molecule has 0 saturated heterocycles. The molecule has 24 heavy (non-hydrogen) atoms. The van der Waals surface area contributed by atoms with Crippen LogP contribution in [0, 0.1) is 0 Å². The maximum absolute atomic E-state index is 11.7. The number of nitrogen functional groups attached to an aromatic ring is 1. The highest BCUT2D eigenvalue weighted by Crippen LogP contribution is 2.27. The van der Waals surface area contributed by atoms with E-state index in [9.17, 15) is 4.79 Å². The molecular formula is C20H26N2O2. The minimum absolute atomic E-state index is 0.383. The molecule has 0 heterocycles. The molecule has 0 unspecified atom stereocenters. The summed E-state index contributed by atoms with van der Waals surface area (Å²) in [5, 5.41) is 2.74. The molecule has 0 saturated carbocycles. The number of carbonyl (C=O) groups is 1. The highest BCUT2D eigenvalue weighted by Gasteiger charge is 2.15. The Morgan fingerprint density at radius 1 is 1.08 bits per heavy atom. The second-order valence-corrected chi connectivity index (χ2v) is 6.83. The van der Waals surface area contributed by atoms with Gasteiger partial charge < -0.3 is 15.8 Å². The van der Waals surface area contributed by atoms with E-state index >= 15 is 0 Å². The Hall–Kier alpha value is -2.49. The van der Waals surface area contributed by atoms with Crippen LogP contribution < -0.4 is 11.1 Å². The number of anilines is 1. The highest BCUT2D eigenvalue weighted by atomic mass is 16.6. The van der Waals surface area contributed by atoms with E-state index in [-0.39, 0.29) is 0 Å². The summed E-state index contributed by atoms with van der Waals surface area (Å²) in [4.78, 5) is 11.7. The molecule has 128 valence electrons. The second kappa shape index (κ2) is 7.39. The third-order valence-electron chi connectivity index (χ3n) is 3.62. The van der Waals surface area contributed by atoms with Crippen molar-refractivity contribution < 1.29 is 9.53 Å². The summed E-state index contributed by atoms with van der Waals surface area (Å²) < 4.78 is 5.22. The molecule has 3 N–H and O–H groups in total. The van der Waals surface area contributed by atoms with Crippen molar-refractivity contribution in [3.8, 4) is 11.1 Å². The van der Waals surface area contributed by atoms with Crippen LogP contribution in [0.3, 0.4) is 0 Å². The number of hydrogen-bond acceptors (Lipinski definition) is 3. The number of carbonyl (C=O) groups excluding carboxylic acids is 1. The van der Waals surface area contributed by atoms with E-state index in [2.05, 4.69) is 36.5 Å². The first-order chi connectivity index (χ1) is 11.3. The molecule has 4 heteroatoms. The third kappa shape index (κ3) is 5.01. The minimum Gasteiger partial charge on any atom is -0.444 e. The number of nitrogens with two attached hydrogens (primary N) is 1. The number of alkyl carbamates (subject to hydrolysis) is 1. The van der Waals surface area contributed by atoms with E-state index in [4.69, 9.17) is 10.5 Å². The fraction of sp³-hybridized carbons (Fsp3) is 0.350. The Labute approximate surface area is 144 Å². The largest absolute Gasteiger partial charge is 0.444 e. The molecule has 0 aromatic heterocycles. The summed E-state index contributed by atoms with van der Waals surface area (Å²) in [5.41, 5.74) is 10.7. The summed E-state index contributed by atoms with van der Waals surface area (Å²) in [6.45, 7) is 8.03. The van der Waals surface area contributed by atoms with Gasteiger partial charge in [-0.2, -0.15) is 0 Å². The first kappa shape index (κ1) is 17.9. The van der Waals surface area contributed by atoms with Crippen molar-refractivity contribution in [2.45, 2.75) is 46.3 Å². The third-order valence-corrected chi connectivity index (χ3v) is 3.62. The smallest absolute Gasteiger partial charge is 0.407 e. The molecule has 0 spiro atoms. The average molecular weight is 326 g/mol. The van der Waals surface area contributed by atoms with Gasteiger partial charge in [-0.3, -0.25) is 0 Å². The second-order valence-electron chi connectivity index (χ2n) is 6.83. The zero-order valence-corrected chi connectivity index (χ0v) is 14.8. The van der Waals surface area contributed by atoms with E-state index in [0.29, 0.717) is 12.2 Å². The number of aryl methyl sites for hydroxylation is 1. The number of amides is 1. The Kier molecular flexibility index (Phi) is 5.50. The van der Waals surface area contributed by atoms with Gasteiger partial charge in [0, 0.05) is 17.8 Å². The first-order valence-corrected chi connectivity index (χ1v) is 8.23. The van der Waals surface area contributed by atoms with Gasteiger partial charge in [-0.25, -0.2) is 4.79 Å². The Morgan fingerprint density at radius 2 is 1.71 bits per heavy atom. The van der Waals surface area contributed by atoms with Gasteiger partial charge in [0.15, 0.2) is 0 Å². The number of rotatable bonds is 4. The van der Waals surface area contributed by atoms with Crippen molar-refractivity contribution in [1.82, 2.24) is 5.32 Å². The van der Waals surface area contributed by atoms with Crippen molar-refractivity contribution in [2.24, 2.45) is 0 Å². The molecule has 2 aromatic carbocycles. The molecule has 0 aliphatic heterocycles. The van der Waals surface area contributed by atoms with Crippen LogP contribution in [-0.4, -0.2) is 11.7 Å². The lowest BCUT2D eigenvalue weighted by Gasteiger charge is -2.19. The molecule has 0 atom stereocenters. The van der Waals surface area contributed by atoms with E-state index in [1.54, 1.807) is 0 Å². The molecule has 4 nitrogen and oxygen atoms in total. The van der Waals surface area contributed by atoms with Crippen molar-refractivity contribution in [3.63, 3.8) is 0 Å². The van der Waals surface area contributed by atoms with E-state index in [0.717, 1.165) is 23.1 Å². The molecule has 0 aliphatic carbocycles. The van der Waals surface area contributed by atoms with Crippen LogP contribution in [0.5, 0.6) is 0 Å². The Morgan fingerprint density at radius 3 is 2.25 bits per heavy atom. The topological polar surface area (TPSA) is 64.3 Å². The first-order valence-electron chi connectivity index (χ1n) is 8.23. The quantitative estimate of drug-likeness (QED) is 0.812. The van der Waals surface area contributed by atoms with Crippen molar-refractivity contribution in [1.29, 1.82) is 0 Å². The Balaban J connectivity index is 2.05. The van der Waals surface area contributed by atoms with Crippen molar-refractivity contribution in [2.75, 3.05) is 5.73 Å². The van der Waals surface area contributed by atoms with Crippen LogP contribution in [-0.2, 0) is 17.7 Å². The van der Waals surface area contributed by atoms with Crippen molar-refractivity contribution >= 4 is 11.8 Å². The molecular weight excluding hydrogens is 300 g/mol. The minimum atomic E-state index is -0.502. The maximum Gasteiger partial charge on any atom is 0.407 e. The SMILES string of the molecule is CCc1ccc(-c2ccc(CNC(=O)OC(C)(C)C)cc2N)cc1. The number of ether oxygens (including phenoxy) is 1. The average Bonchev–Trinajstić information content (AvgIpc) is 2.52. The van der Waals surface area contributed by atoms with Gasteiger partial charge in [0.2, 0.25) is 0 Å². The molecule has 1 amide bonds. The molecule has 0 bridgehead atoms. The van der Waals surface area contributed by atoms with Crippen molar-refractivity contribution in [3.05, 3.63) is 53.6 Å². The predicted molar refractivity (Wildman–Crippen MR) is 98.7 cm³/mol. The molecule has 2 aromatic rings. The lowest BCUT2D eigenvalue weighted by molar-refractivity contribution is 0.0523. The number of hydrogen-bond donors (Lipinski definition) is 2. The lowest BCUT2D eigenvalue weighted by Crippen LogP contribution is -2.32. The summed E-state index contributed by atoms with van der Waals surface area (Å²) in [5.74, 6) is 0. The fourth-order valence-electron chi connectivity index (χ4n) is 2.39. The standard InChI is InChI=1S/C20H26N2O2/c1-5-14-6-9-16(10-7-14)17-11-8-15(12-18(17)21)13-22-19(23)24-20(2,3)4/h6-12H,5,13,21H2,1-4H3,(H,22,23). The summed E-state index contributed by atoms with van der Waals surface area (Å²) in [7, 11) is 0. The van der Waals surface area contributed by atoms with Crippen LogP contribution in [0.25, 0.3) is 11.1 Å². The van der Waals surface area contributed by atoms with E-state index < -0.39 is 11.7 Å². The van der Waals surface area contributed by atoms with Gasteiger partial charge in [-0.15, -0.1) is 0 Å². The fourth-order valence-corrected chi connectivity index (χ4v) is 2.39. The van der Waals surface area contributed by atoms with Gasteiger partial charge in [-0.05, 0) is 49.9 Å². The number of nitrogens with one attached hydrogen (secondary N) is 1. The molecule has 0 fully saturated rings. The highest BCUT2D eigenvalue weighted by molar-refractivity contribution is 5.77. The maximum atomic E-state index is 11.7. The zero-order chi connectivity index (χ0) is 17.7. The van der Waals surface area contributed by atoms with Gasteiger partial charge in [0.25, 0.3) is 0 Å². The van der Waals surface area contributed by atoms with Crippen LogP contribution in [0.15, 0.2) is 42.5 Å². The number of benzene rings is 2. The Bertz CT molecular complexity index is 701. The van der Waals surface area contributed by atoms with E-state index in [1.807, 2.05) is 39.0 Å². The predicted octanol–water partition coefficient (Wildman–Crippen LogP) is 4.52. The summed E-state index contributed by atoms with van der Waals surface area (Å²) >= 11 is 0. The van der Waals surface area contributed by atoms with Gasteiger partial charge >= 0.3 is 6.09 Å². The molecule has 2 rings (SSSR count). The van der Waals surface area contributed by atoms with Gasteiger partial charge in [0.05, 0.1) is 0 Å². The summed E-state index contributed by atoms with van der Waals surface area (Å²) in [6, 6.07) is 14.3. The monoisotopic (exact) mass is 326 g/mol. The van der Waals surface area contributed by atoms with Crippen LogP contribution in [0.4, 0.5) is 10.5 Å². The van der Waals surface area contributed by atoms with Gasteiger partial charge in [-0.1, -0.05) is 43.3 Å². The molecule has 0 aliphatic rings. The lowest BCUT2D eigenvalue weighted by atomic mass is 10.00.